The molecule has 5 rings (SSSR count). The lowest BCUT2D eigenvalue weighted by Gasteiger charge is -2.37. The third kappa shape index (κ3) is 3.33. The normalized spacial score (nSPS) is 17.0. The predicted molar refractivity (Wildman–Crippen MR) is 120 cm³/mol. The number of thiophene rings is 1. The third-order valence-electron chi connectivity index (χ3n) is 6.17. The number of carboxylic acid groups (broad SMARTS) is 1. The molecule has 0 spiro atoms. The first-order valence-corrected chi connectivity index (χ1v) is 11.0. The van der Waals surface area contributed by atoms with Crippen molar-refractivity contribution in [2.75, 3.05) is 13.1 Å². The lowest BCUT2D eigenvalue weighted by atomic mass is 9.89. The fourth-order valence-corrected chi connectivity index (χ4v) is 5.64. The maximum absolute atomic E-state index is 11.5. The van der Waals surface area contributed by atoms with Crippen LogP contribution in [0.4, 0.5) is 0 Å². The van der Waals surface area contributed by atoms with Gasteiger partial charge in [0.2, 0.25) is 0 Å². The summed E-state index contributed by atoms with van der Waals surface area (Å²) in [5.41, 5.74) is 2.64. The highest BCUT2D eigenvalue weighted by Crippen LogP contribution is 2.41. The Hall–Kier alpha value is -2.69. The summed E-state index contributed by atoms with van der Waals surface area (Å²) in [5.74, 6) is -0.883. The third-order valence-corrected chi connectivity index (χ3v) is 7.15. The Labute approximate surface area is 174 Å². The largest absolute Gasteiger partial charge is 0.481 e. The van der Waals surface area contributed by atoms with Gasteiger partial charge in [0.05, 0.1) is 12.0 Å². The van der Waals surface area contributed by atoms with Crippen LogP contribution < -0.4 is 0 Å². The summed E-state index contributed by atoms with van der Waals surface area (Å²) in [5, 5.41) is 15.5. The van der Waals surface area contributed by atoms with Gasteiger partial charge in [0, 0.05) is 4.70 Å². The summed E-state index contributed by atoms with van der Waals surface area (Å²) in [4.78, 5) is 13.9. The summed E-state index contributed by atoms with van der Waals surface area (Å²) in [6, 6.07) is 23.8. The van der Waals surface area contributed by atoms with Crippen LogP contribution in [0.25, 0.3) is 20.9 Å². The molecule has 4 aromatic rings. The van der Waals surface area contributed by atoms with E-state index in [1.807, 2.05) is 0 Å². The van der Waals surface area contributed by atoms with Crippen LogP contribution in [0.1, 0.15) is 30.0 Å². The average molecular weight is 402 g/mol. The highest BCUT2D eigenvalue weighted by atomic mass is 32.1. The molecular formula is C25H23NO2S. The van der Waals surface area contributed by atoms with Crippen molar-refractivity contribution >= 4 is 38.2 Å². The Kier molecular flexibility index (Phi) is 4.82. The molecule has 0 amide bonds. The van der Waals surface area contributed by atoms with Crippen molar-refractivity contribution in [1.82, 2.24) is 4.90 Å². The molecule has 0 aliphatic carbocycles. The van der Waals surface area contributed by atoms with E-state index in [1.165, 1.54) is 32.0 Å². The highest BCUT2D eigenvalue weighted by molar-refractivity contribution is 7.17. The van der Waals surface area contributed by atoms with Crippen LogP contribution in [0, 0.1) is 5.92 Å². The number of hydrogen-bond acceptors (Lipinski definition) is 3. The first-order valence-electron chi connectivity index (χ1n) is 10.1. The molecule has 2 heterocycles. The van der Waals surface area contributed by atoms with Gasteiger partial charge in [-0.2, -0.15) is 0 Å². The summed E-state index contributed by atoms with van der Waals surface area (Å²) in [7, 11) is 0. The van der Waals surface area contributed by atoms with Gasteiger partial charge in [-0.25, -0.2) is 0 Å². The molecule has 1 atom stereocenters. The van der Waals surface area contributed by atoms with Crippen LogP contribution in [0.5, 0.6) is 0 Å². The molecule has 1 fully saturated rings. The number of rotatable bonds is 4. The number of piperidine rings is 1. The number of carbonyl (C=O) groups is 1. The van der Waals surface area contributed by atoms with Crippen molar-refractivity contribution in [3.8, 4) is 0 Å². The topological polar surface area (TPSA) is 40.5 Å². The summed E-state index contributed by atoms with van der Waals surface area (Å²) in [6.45, 7) is 1.60. The zero-order chi connectivity index (χ0) is 19.8. The van der Waals surface area contributed by atoms with E-state index in [4.69, 9.17) is 0 Å². The maximum atomic E-state index is 11.5. The monoisotopic (exact) mass is 401 g/mol. The minimum absolute atomic E-state index is 0.131. The SMILES string of the molecule is O=C(O)C1CCN(C(c2cccc3ccccc23)c2csc3ccccc23)CC1. The second kappa shape index (κ2) is 7.62. The van der Waals surface area contributed by atoms with Crippen molar-refractivity contribution in [1.29, 1.82) is 0 Å². The zero-order valence-electron chi connectivity index (χ0n) is 16.1. The van der Waals surface area contributed by atoms with E-state index in [0.29, 0.717) is 12.8 Å². The summed E-state index contributed by atoms with van der Waals surface area (Å²) in [6.07, 6.45) is 1.41. The van der Waals surface area contributed by atoms with E-state index in [0.717, 1.165) is 13.1 Å². The van der Waals surface area contributed by atoms with Gasteiger partial charge >= 0.3 is 5.97 Å². The minimum atomic E-state index is -0.660. The van der Waals surface area contributed by atoms with Gasteiger partial charge in [-0.15, -0.1) is 11.3 Å². The molecule has 0 radical (unpaired) electrons. The van der Waals surface area contributed by atoms with Gasteiger partial charge in [-0.05, 0) is 64.7 Å². The molecular weight excluding hydrogens is 378 g/mol. The molecule has 0 bridgehead atoms. The summed E-state index contributed by atoms with van der Waals surface area (Å²) >= 11 is 1.79. The number of benzene rings is 3. The number of nitrogens with zero attached hydrogens (tertiary/aromatic N) is 1. The van der Waals surface area contributed by atoms with E-state index in [1.54, 1.807) is 11.3 Å². The number of aliphatic carboxylic acids is 1. The van der Waals surface area contributed by atoms with Crippen LogP contribution >= 0.6 is 11.3 Å². The van der Waals surface area contributed by atoms with Gasteiger partial charge in [-0.3, -0.25) is 9.69 Å². The predicted octanol–water partition coefficient (Wildman–Crippen LogP) is 5.94. The van der Waals surface area contributed by atoms with Crippen LogP contribution in [0.2, 0.25) is 0 Å². The summed E-state index contributed by atoms with van der Waals surface area (Å²) < 4.78 is 1.30. The molecule has 1 aliphatic rings. The smallest absolute Gasteiger partial charge is 0.306 e. The number of hydrogen-bond donors (Lipinski definition) is 1. The second-order valence-electron chi connectivity index (χ2n) is 7.81. The number of fused-ring (bicyclic) bond motifs is 2. The van der Waals surface area contributed by atoms with E-state index in [9.17, 15) is 9.90 Å². The van der Waals surface area contributed by atoms with Crippen molar-refractivity contribution in [3.05, 3.63) is 83.2 Å². The first kappa shape index (κ1) is 18.3. The van der Waals surface area contributed by atoms with Crippen molar-refractivity contribution in [2.24, 2.45) is 5.92 Å². The zero-order valence-corrected chi connectivity index (χ0v) is 16.9. The molecule has 3 aromatic carbocycles. The standard InChI is InChI=1S/C25H23NO2S/c27-25(28)18-12-14-26(15-13-18)24(22-16-29-23-11-4-3-9-20(22)23)21-10-5-7-17-6-1-2-8-19(17)21/h1-11,16,18,24H,12-15H2,(H,27,28). The molecule has 1 N–H and O–H groups in total. The Balaban J connectivity index is 1.65. The fourth-order valence-electron chi connectivity index (χ4n) is 4.66. The van der Waals surface area contributed by atoms with Crippen molar-refractivity contribution in [3.63, 3.8) is 0 Å². The second-order valence-corrected chi connectivity index (χ2v) is 8.72. The van der Waals surface area contributed by atoms with Gasteiger partial charge in [-0.1, -0.05) is 60.7 Å². The van der Waals surface area contributed by atoms with Crippen LogP contribution in [-0.4, -0.2) is 29.1 Å². The molecule has 1 aliphatic heterocycles. The lowest BCUT2D eigenvalue weighted by Crippen LogP contribution is -2.39. The molecule has 1 aromatic heterocycles. The number of likely N-dealkylation sites (tertiary alicyclic amines) is 1. The average Bonchev–Trinajstić information content (AvgIpc) is 3.18. The van der Waals surface area contributed by atoms with Gasteiger partial charge in [0.1, 0.15) is 0 Å². The Morgan fingerprint density at radius 3 is 2.38 bits per heavy atom. The fraction of sp³-hybridized carbons (Fsp3) is 0.240. The van der Waals surface area contributed by atoms with Gasteiger partial charge in [0.25, 0.3) is 0 Å². The van der Waals surface area contributed by atoms with E-state index < -0.39 is 5.97 Å². The Morgan fingerprint density at radius 2 is 1.59 bits per heavy atom. The van der Waals surface area contributed by atoms with Crippen molar-refractivity contribution < 1.29 is 9.90 Å². The number of carboxylic acids is 1. The Bertz CT molecular complexity index is 1170. The molecule has 1 unspecified atom stereocenters. The first-order chi connectivity index (χ1) is 14.2. The highest BCUT2D eigenvalue weighted by Gasteiger charge is 2.32. The van der Waals surface area contributed by atoms with Crippen molar-refractivity contribution in [2.45, 2.75) is 18.9 Å². The van der Waals surface area contributed by atoms with E-state index >= 15 is 0 Å². The van der Waals surface area contributed by atoms with Crippen LogP contribution in [0.3, 0.4) is 0 Å². The molecule has 4 heteroatoms. The van der Waals surface area contributed by atoms with E-state index in [2.05, 4.69) is 77.0 Å². The van der Waals surface area contributed by atoms with Gasteiger partial charge in [0.15, 0.2) is 0 Å². The van der Waals surface area contributed by atoms with Crippen LogP contribution in [0.15, 0.2) is 72.1 Å². The quantitative estimate of drug-likeness (QED) is 0.460. The van der Waals surface area contributed by atoms with Gasteiger partial charge < -0.3 is 5.11 Å². The van der Waals surface area contributed by atoms with Crippen LogP contribution in [-0.2, 0) is 4.79 Å². The molecule has 0 saturated carbocycles. The van der Waals surface area contributed by atoms with E-state index in [-0.39, 0.29) is 12.0 Å². The molecule has 29 heavy (non-hydrogen) atoms. The minimum Gasteiger partial charge on any atom is -0.481 e. The lowest BCUT2D eigenvalue weighted by molar-refractivity contribution is -0.143. The molecule has 146 valence electrons. The Morgan fingerprint density at radius 1 is 0.897 bits per heavy atom. The molecule has 3 nitrogen and oxygen atoms in total. The molecule has 1 saturated heterocycles. The maximum Gasteiger partial charge on any atom is 0.306 e.